The van der Waals surface area contributed by atoms with Gasteiger partial charge in [-0.3, -0.25) is 0 Å². The predicted octanol–water partition coefficient (Wildman–Crippen LogP) is 1.12. The third-order valence-electron chi connectivity index (χ3n) is 2.92. The molecule has 106 valence electrons. The lowest BCUT2D eigenvalue weighted by Crippen LogP contribution is -2.33. The second-order valence-electron chi connectivity index (χ2n) is 4.48. The van der Waals surface area contributed by atoms with E-state index in [9.17, 15) is 17.2 Å². The minimum absolute atomic E-state index is 0.0118. The average Bonchev–Trinajstić information content (AvgIpc) is 2.67. The fourth-order valence-corrected chi connectivity index (χ4v) is 3.68. The van der Waals surface area contributed by atoms with Gasteiger partial charge in [0.2, 0.25) is 0 Å². The van der Waals surface area contributed by atoms with Crippen LogP contribution in [-0.2, 0) is 9.84 Å². The second kappa shape index (κ2) is 5.83. The van der Waals surface area contributed by atoms with Crippen LogP contribution < -0.4 is 10.1 Å². The van der Waals surface area contributed by atoms with Gasteiger partial charge in [0.25, 0.3) is 0 Å². The van der Waals surface area contributed by atoms with E-state index in [1.54, 1.807) is 0 Å². The zero-order chi connectivity index (χ0) is 13.9. The van der Waals surface area contributed by atoms with Gasteiger partial charge in [-0.25, -0.2) is 17.2 Å². The molecule has 0 spiro atoms. The topological polar surface area (TPSA) is 55.4 Å². The summed E-state index contributed by atoms with van der Waals surface area (Å²) in [7, 11) is -2.90. The molecule has 1 unspecified atom stereocenters. The molecule has 1 aromatic carbocycles. The number of halogens is 2. The molecule has 0 aromatic heterocycles. The Balaban J connectivity index is 1.72. The number of hydrogen-bond donors (Lipinski definition) is 1. The molecule has 0 saturated carbocycles. The van der Waals surface area contributed by atoms with Gasteiger partial charge < -0.3 is 10.1 Å². The summed E-state index contributed by atoms with van der Waals surface area (Å²) in [6, 6.07) is 3.04. The van der Waals surface area contributed by atoms with Crippen molar-refractivity contribution in [3.63, 3.8) is 0 Å². The van der Waals surface area contributed by atoms with Crippen molar-refractivity contribution >= 4 is 9.84 Å². The highest BCUT2D eigenvalue weighted by molar-refractivity contribution is 7.91. The minimum atomic E-state index is -2.90. The van der Waals surface area contributed by atoms with Crippen LogP contribution in [0.3, 0.4) is 0 Å². The van der Waals surface area contributed by atoms with Crippen LogP contribution >= 0.6 is 0 Å². The standard InChI is InChI=1S/C12H15F2NO3S/c13-9-1-2-12(11(14)7-9)18-5-4-15-10-3-6-19(16,17)8-10/h1-2,7,10,15H,3-6,8H2. The molecule has 1 N–H and O–H groups in total. The van der Waals surface area contributed by atoms with E-state index in [4.69, 9.17) is 4.74 Å². The smallest absolute Gasteiger partial charge is 0.167 e. The summed E-state index contributed by atoms with van der Waals surface area (Å²) in [5.41, 5.74) is 0. The SMILES string of the molecule is O=S1(=O)CCC(NCCOc2ccc(F)cc2F)C1. The van der Waals surface area contributed by atoms with Gasteiger partial charge >= 0.3 is 0 Å². The van der Waals surface area contributed by atoms with E-state index in [0.29, 0.717) is 13.0 Å². The number of hydrogen-bond acceptors (Lipinski definition) is 4. The van der Waals surface area contributed by atoms with Crippen molar-refractivity contribution < 1.29 is 21.9 Å². The number of ether oxygens (including phenoxy) is 1. The number of sulfone groups is 1. The summed E-state index contributed by atoms with van der Waals surface area (Å²) in [5, 5.41) is 3.04. The van der Waals surface area contributed by atoms with Gasteiger partial charge in [0, 0.05) is 18.7 Å². The Bertz CT molecular complexity index is 548. The van der Waals surface area contributed by atoms with Crippen LogP contribution in [0.5, 0.6) is 5.75 Å². The zero-order valence-electron chi connectivity index (χ0n) is 10.2. The number of rotatable bonds is 5. The van der Waals surface area contributed by atoms with E-state index in [-0.39, 0.29) is 29.9 Å². The molecule has 7 heteroatoms. The molecule has 1 aromatic rings. The third kappa shape index (κ3) is 4.14. The molecule has 1 aliphatic heterocycles. The van der Waals surface area contributed by atoms with E-state index < -0.39 is 21.5 Å². The fraction of sp³-hybridized carbons (Fsp3) is 0.500. The van der Waals surface area contributed by atoms with Crippen molar-refractivity contribution in [3.8, 4) is 5.75 Å². The monoisotopic (exact) mass is 291 g/mol. The van der Waals surface area contributed by atoms with Crippen LogP contribution in [0, 0.1) is 11.6 Å². The highest BCUT2D eigenvalue weighted by Gasteiger charge is 2.27. The Morgan fingerprint density at radius 2 is 2.16 bits per heavy atom. The highest BCUT2D eigenvalue weighted by atomic mass is 32.2. The first-order chi connectivity index (χ1) is 8.96. The number of nitrogens with one attached hydrogen (secondary N) is 1. The van der Waals surface area contributed by atoms with Gasteiger partial charge in [-0.05, 0) is 18.6 Å². The molecule has 0 amide bonds. The Labute approximate surface area is 110 Å². The van der Waals surface area contributed by atoms with Crippen molar-refractivity contribution in [2.75, 3.05) is 24.7 Å². The largest absolute Gasteiger partial charge is 0.489 e. The molecule has 1 heterocycles. The Morgan fingerprint density at radius 3 is 2.79 bits per heavy atom. The summed E-state index contributed by atoms with van der Waals surface area (Å²) in [6.45, 7) is 0.607. The van der Waals surface area contributed by atoms with Crippen LogP contribution in [0.15, 0.2) is 18.2 Å². The van der Waals surface area contributed by atoms with Gasteiger partial charge in [-0.1, -0.05) is 0 Å². The third-order valence-corrected chi connectivity index (χ3v) is 4.69. The molecule has 0 bridgehead atoms. The van der Waals surface area contributed by atoms with Crippen LogP contribution in [-0.4, -0.2) is 39.1 Å². The molecule has 1 aliphatic rings. The second-order valence-corrected chi connectivity index (χ2v) is 6.71. The normalized spacial score (nSPS) is 21.5. The van der Waals surface area contributed by atoms with Crippen molar-refractivity contribution in [1.82, 2.24) is 5.32 Å². The summed E-state index contributed by atoms with van der Waals surface area (Å²) in [5.74, 6) is -1.07. The maximum absolute atomic E-state index is 13.2. The summed E-state index contributed by atoms with van der Waals surface area (Å²) in [6.07, 6.45) is 0.591. The van der Waals surface area contributed by atoms with Gasteiger partial charge in [0.1, 0.15) is 12.4 Å². The first-order valence-electron chi connectivity index (χ1n) is 5.98. The maximum atomic E-state index is 13.2. The van der Waals surface area contributed by atoms with Crippen LogP contribution in [0.2, 0.25) is 0 Å². The van der Waals surface area contributed by atoms with Crippen LogP contribution in [0.4, 0.5) is 8.78 Å². The van der Waals surface area contributed by atoms with Gasteiger partial charge in [0.05, 0.1) is 11.5 Å². The molecular weight excluding hydrogens is 276 g/mol. The van der Waals surface area contributed by atoms with Crippen molar-refractivity contribution in [2.24, 2.45) is 0 Å². The predicted molar refractivity (Wildman–Crippen MR) is 66.9 cm³/mol. The maximum Gasteiger partial charge on any atom is 0.167 e. The summed E-state index contributed by atoms with van der Waals surface area (Å²) >= 11 is 0. The molecule has 19 heavy (non-hydrogen) atoms. The molecule has 1 atom stereocenters. The average molecular weight is 291 g/mol. The Morgan fingerprint density at radius 1 is 1.37 bits per heavy atom. The molecule has 0 aliphatic carbocycles. The molecule has 1 fully saturated rings. The quantitative estimate of drug-likeness (QED) is 0.826. The highest BCUT2D eigenvalue weighted by Crippen LogP contribution is 2.17. The number of benzene rings is 1. The summed E-state index contributed by atoms with van der Waals surface area (Å²) in [4.78, 5) is 0. The Kier molecular flexibility index (Phi) is 4.36. The molecule has 0 radical (unpaired) electrons. The van der Waals surface area contributed by atoms with Crippen molar-refractivity contribution in [1.29, 1.82) is 0 Å². The minimum Gasteiger partial charge on any atom is -0.489 e. The Hall–Kier alpha value is -1.21. The first kappa shape index (κ1) is 14.2. The van der Waals surface area contributed by atoms with E-state index in [0.717, 1.165) is 12.1 Å². The lowest BCUT2D eigenvalue weighted by molar-refractivity contribution is 0.292. The van der Waals surface area contributed by atoms with Crippen molar-refractivity contribution in [2.45, 2.75) is 12.5 Å². The van der Waals surface area contributed by atoms with Gasteiger partial charge in [-0.2, -0.15) is 0 Å². The lowest BCUT2D eigenvalue weighted by Gasteiger charge is -2.11. The van der Waals surface area contributed by atoms with E-state index in [2.05, 4.69) is 5.32 Å². The van der Waals surface area contributed by atoms with Crippen molar-refractivity contribution in [3.05, 3.63) is 29.8 Å². The summed E-state index contributed by atoms with van der Waals surface area (Å²) < 4.78 is 53.4. The van der Waals surface area contributed by atoms with E-state index in [1.807, 2.05) is 0 Å². The molecule has 2 rings (SSSR count). The first-order valence-corrected chi connectivity index (χ1v) is 7.80. The zero-order valence-corrected chi connectivity index (χ0v) is 11.1. The van der Waals surface area contributed by atoms with E-state index in [1.165, 1.54) is 6.07 Å². The van der Waals surface area contributed by atoms with E-state index >= 15 is 0 Å². The van der Waals surface area contributed by atoms with Crippen LogP contribution in [0.25, 0.3) is 0 Å². The van der Waals surface area contributed by atoms with Crippen LogP contribution in [0.1, 0.15) is 6.42 Å². The van der Waals surface area contributed by atoms with Gasteiger partial charge in [-0.15, -0.1) is 0 Å². The molecule has 4 nitrogen and oxygen atoms in total. The lowest BCUT2D eigenvalue weighted by atomic mass is 10.3. The van der Waals surface area contributed by atoms with Gasteiger partial charge in [0.15, 0.2) is 21.4 Å². The molecular formula is C12H15F2NO3S. The molecule has 1 saturated heterocycles. The fourth-order valence-electron chi connectivity index (χ4n) is 1.97.